The van der Waals surface area contributed by atoms with E-state index in [1.807, 2.05) is 85.5 Å². The van der Waals surface area contributed by atoms with Gasteiger partial charge in [-0.1, -0.05) is 48.5 Å². The molecule has 2 aliphatic heterocycles. The molecule has 3 aromatic rings. The number of anilines is 3. The smallest absolute Gasteiger partial charge is 0.259 e. The minimum atomic E-state index is -0.422. The first-order valence-electron chi connectivity index (χ1n) is 11.9. The molecular weight excluding hydrogens is 458 g/mol. The summed E-state index contributed by atoms with van der Waals surface area (Å²) >= 11 is 1.53. The number of rotatable bonds is 5. The number of carbonyl (C=O) groups excluding carboxylic acids is 3. The monoisotopic (exact) mass is 485 g/mol. The summed E-state index contributed by atoms with van der Waals surface area (Å²) < 4.78 is 0. The number of aryl methyl sites for hydroxylation is 1. The number of hydrogen-bond acceptors (Lipinski definition) is 4. The molecule has 5 rings (SSSR count). The SMILES string of the molecule is CCCN1C(=O)c2ccccc2Sc2cc(NC(=O)C3CC(=O)N(c4ccc(C)cc4)C3)ccc21. The zero-order valence-corrected chi connectivity index (χ0v) is 20.6. The second-order valence-corrected chi connectivity index (χ2v) is 10.1. The van der Waals surface area contributed by atoms with Crippen LogP contribution in [0.15, 0.2) is 76.5 Å². The van der Waals surface area contributed by atoms with Crippen molar-refractivity contribution in [3.05, 3.63) is 77.9 Å². The standard InChI is InChI=1S/C28H27N3O3S/c1-3-14-30-23-13-10-20(16-25(23)35-24-7-5-4-6-22(24)28(30)34)29-27(33)19-15-26(32)31(17-19)21-11-8-18(2)9-12-21/h4-13,16,19H,3,14-15,17H2,1-2H3,(H,29,33). The zero-order valence-electron chi connectivity index (χ0n) is 19.8. The van der Waals surface area contributed by atoms with Crippen molar-refractivity contribution in [2.45, 2.75) is 36.5 Å². The summed E-state index contributed by atoms with van der Waals surface area (Å²) in [5.41, 5.74) is 4.13. The Kier molecular flexibility index (Phi) is 6.34. The van der Waals surface area contributed by atoms with Gasteiger partial charge in [-0.05, 0) is 55.8 Å². The Bertz CT molecular complexity index is 1310. The van der Waals surface area contributed by atoms with Crippen LogP contribution in [0.1, 0.15) is 35.7 Å². The van der Waals surface area contributed by atoms with Crippen LogP contribution in [0, 0.1) is 12.8 Å². The van der Waals surface area contributed by atoms with Crippen LogP contribution < -0.4 is 15.1 Å². The van der Waals surface area contributed by atoms with Crippen LogP contribution >= 0.6 is 11.8 Å². The van der Waals surface area contributed by atoms with Crippen molar-refractivity contribution in [2.75, 3.05) is 28.2 Å². The summed E-state index contributed by atoms with van der Waals surface area (Å²) in [5, 5.41) is 3.00. The van der Waals surface area contributed by atoms with E-state index in [4.69, 9.17) is 0 Å². The van der Waals surface area contributed by atoms with Gasteiger partial charge in [0.15, 0.2) is 0 Å². The molecule has 2 aliphatic rings. The summed E-state index contributed by atoms with van der Waals surface area (Å²) in [6.45, 7) is 5.03. The minimum Gasteiger partial charge on any atom is -0.326 e. The Morgan fingerprint density at radius 1 is 1.03 bits per heavy atom. The van der Waals surface area contributed by atoms with Gasteiger partial charge in [0.2, 0.25) is 11.8 Å². The molecular formula is C28H27N3O3S. The third-order valence-corrected chi connectivity index (χ3v) is 7.51. The fraction of sp³-hybridized carbons (Fsp3) is 0.250. The van der Waals surface area contributed by atoms with Gasteiger partial charge in [0.05, 0.1) is 17.2 Å². The molecule has 35 heavy (non-hydrogen) atoms. The highest BCUT2D eigenvalue weighted by atomic mass is 32.2. The van der Waals surface area contributed by atoms with Crippen LogP contribution in [0.2, 0.25) is 0 Å². The second-order valence-electron chi connectivity index (χ2n) is 8.97. The summed E-state index contributed by atoms with van der Waals surface area (Å²) in [6, 6.07) is 21.0. The fourth-order valence-electron chi connectivity index (χ4n) is 4.55. The fourth-order valence-corrected chi connectivity index (χ4v) is 5.67. The van der Waals surface area contributed by atoms with Gasteiger partial charge in [0, 0.05) is 40.7 Å². The van der Waals surface area contributed by atoms with E-state index in [1.54, 1.807) is 4.90 Å². The van der Waals surface area contributed by atoms with Crippen LogP contribution in [0.3, 0.4) is 0 Å². The van der Waals surface area contributed by atoms with Gasteiger partial charge >= 0.3 is 0 Å². The summed E-state index contributed by atoms with van der Waals surface area (Å²) in [7, 11) is 0. The molecule has 3 aromatic carbocycles. The second kappa shape index (κ2) is 9.58. The number of fused-ring (bicyclic) bond motifs is 2. The molecule has 0 radical (unpaired) electrons. The Labute approximate surface area is 209 Å². The van der Waals surface area contributed by atoms with E-state index in [1.165, 1.54) is 11.8 Å². The first kappa shape index (κ1) is 23.2. The molecule has 2 heterocycles. The van der Waals surface area contributed by atoms with Crippen molar-refractivity contribution in [1.82, 2.24) is 0 Å². The quantitative estimate of drug-likeness (QED) is 0.518. The highest BCUT2D eigenvalue weighted by molar-refractivity contribution is 7.99. The van der Waals surface area contributed by atoms with Gasteiger partial charge in [0.1, 0.15) is 0 Å². The Hall–Kier alpha value is -3.58. The van der Waals surface area contributed by atoms with Gasteiger partial charge in [-0.25, -0.2) is 0 Å². The predicted molar refractivity (Wildman–Crippen MR) is 139 cm³/mol. The molecule has 3 amide bonds. The number of hydrogen-bond donors (Lipinski definition) is 1. The van der Waals surface area contributed by atoms with E-state index >= 15 is 0 Å². The highest BCUT2D eigenvalue weighted by Crippen LogP contribution is 2.42. The lowest BCUT2D eigenvalue weighted by molar-refractivity contribution is -0.122. The molecule has 0 saturated carbocycles. The van der Waals surface area contributed by atoms with Gasteiger partial charge in [-0.15, -0.1) is 0 Å². The number of benzene rings is 3. The minimum absolute atomic E-state index is 0.00819. The van der Waals surface area contributed by atoms with Crippen molar-refractivity contribution in [2.24, 2.45) is 5.92 Å². The van der Waals surface area contributed by atoms with Gasteiger partial charge in [-0.3, -0.25) is 14.4 Å². The number of nitrogens with zero attached hydrogens (tertiary/aromatic N) is 2. The van der Waals surface area contributed by atoms with Crippen molar-refractivity contribution in [3.63, 3.8) is 0 Å². The van der Waals surface area contributed by atoms with Gasteiger partial charge in [0.25, 0.3) is 5.91 Å². The van der Waals surface area contributed by atoms with Crippen molar-refractivity contribution < 1.29 is 14.4 Å². The van der Waals surface area contributed by atoms with Crippen LogP contribution in [0.25, 0.3) is 0 Å². The van der Waals surface area contributed by atoms with E-state index < -0.39 is 5.92 Å². The molecule has 0 spiro atoms. The van der Waals surface area contributed by atoms with Crippen LogP contribution in [-0.2, 0) is 9.59 Å². The number of nitrogens with one attached hydrogen (secondary N) is 1. The van der Waals surface area contributed by atoms with Crippen LogP contribution in [0.5, 0.6) is 0 Å². The third kappa shape index (κ3) is 4.56. The first-order chi connectivity index (χ1) is 16.9. The van der Waals surface area contributed by atoms with Crippen LogP contribution in [-0.4, -0.2) is 30.8 Å². The number of carbonyl (C=O) groups is 3. The Morgan fingerprint density at radius 3 is 2.57 bits per heavy atom. The zero-order chi connectivity index (χ0) is 24.5. The normalized spacial score (nSPS) is 17.1. The molecule has 1 unspecified atom stereocenters. The molecule has 7 heteroatoms. The largest absolute Gasteiger partial charge is 0.326 e. The topological polar surface area (TPSA) is 69.7 Å². The Balaban J connectivity index is 1.36. The van der Waals surface area contributed by atoms with Gasteiger partial charge < -0.3 is 15.1 Å². The summed E-state index contributed by atoms with van der Waals surface area (Å²) in [4.78, 5) is 44.2. The maximum Gasteiger partial charge on any atom is 0.259 e. The van der Waals surface area contributed by atoms with E-state index in [-0.39, 0.29) is 24.1 Å². The number of amides is 3. The average Bonchev–Trinajstić information content (AvgIpc) is 3.20. The Morgan fingerprint density at radius 2 is 1.80 bits per heavy atom. The summed E-state index contributed by atoms with van der Waals surface area (Å²) in [6.07, 6.45) is 1.02. The highest BCUT2D eigenvalue weighted by Gasteiger charge is 2.35. The maximum atomic E-state index is 13.2. The lowest BCUT2D eigenvalue weighted by Crippen LogP contribution is -2.31. The van der Waals surface area contributed by atoms with E-state index in [2.05, 4.69) is 5.32 Å². The van der Waals surface area contributed by atoms with Crippen molar-refractivity contribution >= 4 is 46.5 Å². The molecule has 1 saturated heterocycles. The molecule has 0 bridgehead atoms. The van der Waals surface area contributed by atoms with E-state index in [0.29, 0.717) is 24.3 Å². The summed E-state index contributed by atoms with van der Waals surface area (Å²) in [5.74, 6) is -0.648. The van der Waals surface area contributed by atoms with Gasteiger partial charge in [-0.2, -0.15) is 0 Å². The average molecular weight is 486 g/mol. The molecule has 1 fully saturated rings. The van der Waals surface area contributed by atoms with Crippen LogP contribution in [0.4, 0.5) is 17.1 Å². The van der Waals surface area contributed by atoms with Crippen molar-refractivity contribution in [1.29, 1.82) is 0 Å². The maximum absolute atomic E-state index is 13.2. The molecule has 178 valence electrons. The molecule has 1 atom stereocenters. The first-order valence-corrected chi connectivity index (χ1v) is 12.7. The van der Waals surface area contributed by atoms with E-state index in [9.17, 15) is 14.4 Å². The van der Waals surface area contributed by atoms with E-state index in [0.717, 1.165) is 33.2 Å². The lowest BCUT2D eigenvalue weighted by Gasteiger charge is -2.23. The predicted octanol–water partition coefficient (Wildman–Crippen LogP) is 5.51. The molecule has 1 N–H and O–H groups in total. The molecule has 0 aromatic heterocycles. The third-order valence-electron chi connectivity index (χ3n) is 6.39. The lowest BCUT2D eigenvalue weighted by atomic mass is 10.1. The molecule has 0 aliphatic carbocycles. The molecule has 6 nitrogen and oxygen atoms in total. The van der Waals surface area contributed by atoms with Crippen molar-refractivity contribution in [3.8, 4) is 0 Å².